The molecule has 1 rings (SSSR count). The van der Waals surface area contributed by atoms with Gasteiger partial charge in [0.2, 0.25) is 5.91 Å². The van der Waals surface area contributed by atoms with Gasteiger partial charge in [0.25, 0.3) is 0 Å². The molecule has 142 valence electrons. The van der Waals surface area contributed by atoms with Gasteiger partial charge in [0, 0.05) is 37.1 Å². The minimum Gasteiger partial charge on any atom is -0.356 e. The summed E-state index contributed by atoms with van der Waals surface area (Å²) < 4.78 is 14.5. The van der Waals surface area contributed by atoms with Crippen molar-refractivity contribution in [1.82, 2.24) is 16.0 Å². The van der Waals surface area contributed by atoms with Crippen molar-refractivity contribution in [3.05, 3.63) is 34.1 Å². The second-order valence-corrected chi connectivity index (χ2v) is 6.65. The molecule has 1 aromatic rings. The number of carbonyl (C=O) groups is 1. The van der Waals surface area contributed by atoms with Crippen LogP contribution in [0.3, 0.4) is 0 Å². The van der Waals surface area contributed by atoms with Gasteiger partial charge in [0.1, 0.15) is 5.82 Å². The molecule has 0 aromatic heterocycles. The molecular weight excluding hydrogens is 502 g/mol. The van der Waals surface area contributed by atoms with Gasteiger partial charge in [0.05, 0.1) is 0 Å². The molecule has 0 spiro atoms. The summed E-state index contributed by atoms with van der Waals surface area (Å²) in [7, 11) is 1.68. The number of benzene rings is 1. The summed E-state index contributed by atoms with van der Waals surface area (Å²) in [5.74, 6) is 0.463. The Kier molecular flexibility index (Phi) is 12.8. The van der Waals surface area contributed by atoms with Crippen molar-refractivity contribution < 1.29 is 9.18 Å². The molecule has 0 aliphatic rings. The first-order valence-corrected chi connectivity index (χ1v) is 8.89. The Morgan fingerprint density at radius 1 is 1.28 bits per heavy atom. The number of carbonyl (C=O) groups excluding carboxylic acids is 1. The first kappa shape index (κ1) is 24.1. The molecule has 0 atom stereocenters. The lowest BCUT2D eigenvalue weighted by molar-refractivity contribution is -0.121. The molecule has 0 fully saturated rings. The van der Waals surface area contributed by atoms with E-state index in [1.54, 1.807) is 13.1 Å². The Hall–Kier alpha value is -0.900. The lowest BCUT2D eigenvalue weighted by Gasteiger charge is -2.13. The number of amides is 1. The van der Waals surface area contributed by atoms with Crippen LogP contribution in [0.15, 0.2) is 27.7 Å². The molecule has 1 aromatic carbocycles. The summed E-state index contributed by atoms with van der Waals surface area (Å²) in [5, 5.41) is 9.09. The number of halogens is 3. The predicted octanol–water partition coefficient (Wildman–Crippen LogP) is 3.22. The standard InChI is InChI=1S/C17H26BrFN4O.HI/c1-12(2)23-16(24)8-10-22-17(20-3)21-9-4-5-13-6-7-14(18)11-15(13)19;/h6-7,11-12H,4-5,8-10H2,1-3H3,(H,23,24)(H2,20,21,22);1H. The van der Waals surface area contributed by atoms with E-state index in [-0.39, 0.29) is 41.7 Å². The second kappa shape index (κ2) is 13.3. The number of guanidine groups is 1. The van der Waals surface area contributed by atoms with Crippen LogP contribution in [0.5, 0.6) is 0 Å². The Morgan fingerprint density at radius 2 is 1.96 bits per heavy atom. The summed E-state index contributed by atoms with van der Waals surface area (Å²) in [6, 6.07) is 5.26. The van der Waals surface area contributed by atoms with Crippen molar-refractivity contribution in [3.8, 4) is 0 Å². The summed E-state index contributed by atoms with van der Waals surface area (Å²) >= 11 is 3.25. The van der Waals surface area contributed by atoms with Crippen LogP contribution in [-0.4, -0.2) is 38.0 Å². The van der Waals surface area contributed by atoms with Gasteiger partial charge in [-0.2, -0.15) is 0 Å². The van der Waals surface area contributed by atoms with Gasteiger partial charge in [-0.15, -0.1) is 24.0 Å². The van der Waals surface area contributed by atoms with Gasteiger partial charge >= 0.3 is 0 Å². The van der Waals surface area contributed by atoms with E-state index >= 15 is 0 Å². The van der Waals surface area contributed by atoms with Gasteiger partial charge in [-0.3, -0.25) is 9.79 Å². The van der Waals surface area contributed by atoms with Crippen molar-refractivity contribution in [3.63, 3.8) is 0 Å². The van der Waals surface area contributed by atoms with Crippen molar-refractivity contribution >= 4 is 51.8 Å². The number of hydrogen-bond acceptors (Lipinski definition) is 2. The van der Waals surface area contributed by atoms with E-state index in [0.717, 1.165) is 10.9 Å². The molecule has 0 aliphatic carbocycles. The monoisotopic (exact) mass is 528 g/mol. The Labute approximate surface area is 174 Å². The Balaban J connectivity index is 0.00000576. The van der Waals surface area contributed by atoms with E-state index in [2.05, 4.69) is 36.9 Å². The van der Waals surface area contributed by atoms with Crippen molar-refractivity contribution in [2.45, 2.75) is 39.2 Å². The third kappa shape index (κ3) is 10.6. The number of hydrogen-bond donors (Lipinski definition) is 3. The van der Waals surface area contributed by atoms with Crippen LogP contribution in [-0.2, 0) is 11.2 Å². The zero-order chi connectivity index (χ0) is 17.9. The summed E-state index contributed by atoms with van der Waals surface area (Å²) in [5.41, 5.74) is 0.702. The topological polar surface area (TPSA) is 65.5 Å². The molecule has 0 unspecified atom stereocenters. The molecule has 3 N–H and O–H groups in total. The third-order valence-electron chi connectivity index (χ3n) is 3.25. The van der Waals surface area contributed by atoms with Crippen LogP contribution in [0.4, 0.5) is 4.39 Å². The highest BCUT2D eigenvalue weighted by Gasteiger charge is 2.05. The van der Waals surface area contributed by atoms with E-state index in [4.69, 9.17) is 0 Å². The van der Waals surface area contributed by atoms with Crippen LogP contribution >= 0.6 is 39.9 Å². The smallest absolute Gasteiger partial charge is 0.221 e. The molecule has 0 bridgehead atoms. The predicted molar refractivity (Wildman–Crippen MR) is 115 cm³/mol. The summed E-state index contributed by atoms with van der Waals surface area (Å²) in [6.07, 6.45) is 1.83. The molecule has 0 radical (unpaired) electrons. The Bertz CT molecular complexity index is 570. The molecule has 0 heterocycles. The van der Waals surface area contributed by atoms with Gasteiger partial charge in [-0.05, 0) is 44.4 Å². The first-order chi connectivity index (χ1) is 11.4. The van der Waals surface area contributed by atoms with E-state index in [0.29, 0.717) is 37.5 Å². The maximum Gasteiger partial charge on any atom is 0.221 e. The number of rotatable bonds is 8. The fourth-order valence-corrected chi connectivity index (χ4v) is 2.45. The maximum absolute atomic E-state index is 13.7. The number of aliphatic imine (C=N–C) groups is 1. The number of aryl methyl sites for hydroxylation is 1. The van der Waals surface area contributed by atoms with E-state index in [9.17, 15) is 9.18 Å². The Morgan fingerprint density at radius 3 is 2.56 bits per heavy atom. The van der Waals surface area contributed by atoms with Crippen LogP contribution in [0.2, 0.25) is 0 Å². The highest BCUT2D eigenvalue weighted by molar-refractivity contribution is 14.0. The average molecular weight is 529 g/mol. The molecule has 1 amide bonds. The van der Waals surface area contributed by atoms with E-state index in [1.807, 2.05) is 19.9 Å². The van der Waals surface area contributed by atoms with Crippen LogP contribution < -0.4 is 16.0 Å². The third-order valence-corrected chi connectivity index (χ3v) is 3.74. The number of nitrogens with zero attached hydrogens (tertiary/aromatic N) is 1. The molecule has 0 aliphatic heterocycles. The quantitative estimate of drug-likeness (QED) is 0.210. The average Bonchev–Trinajstić information content (AvgIpc) is 2.50. The SMILES string of the molecule is CN=C(NCCCc1ccc(Br)cc1F)NCCC(=O)NC(C)C.I. The van der Waals surface area contributed by atoms with Gasteiger partial charge < -0.3 is 16.0 Å². The van der Waals surface area contributed by atoms with Crippen LogP contribution in [0, 0.1) is 5.82 Å². The van der Waals surface area contributed by atoms with Crippen molar-refractivity contribution in [1.29, 1.82) is 0 Å². The normalized spacial score (nSPS) is 11.0. The molecule has 25 heavy (non-hydrogen) atoms. The van der Waals surface area contributed by atoms with E-state index < -0.39 is 0 Å². The number of nitrogens with one attached hydrogen (secondary N) is 3. The fraction of sp³-hybridized carbons (Fsp3) is 0.529. The lowest BCUT2D eigenvalue weighted by Crippen LogP contribution is -2.40. The minimum absolute atomic E-state index is 0. The van der Waals surface area contributed by atoms with Gasteiger partial charge in [-0.1, -0.05) is 22.0 Å². The maximum atomic E-state index is 13.7. The molecule has 0 saturated carbocycles. The largest absolute Gasteiger partial charge is 0.356 e. The molecular formula is C17H27BrFIN4O. The molecule has 5 nitrogen and oxygen atoms in total. The first-order valence-electron chi connectivity index (χ1n) is 8.10. The zero-order valence-electron chi connectivity index (χ0n) is 14.9. The summed E-state index contributed by atoms with van der Waals surface area (Å²) in [6.45, 7) is 5.05. The van der Waals surface area contributed by atoms with Crippen LogP contribution in [0.1, 0.15) is 32.3 Å². The van der Waals surface area contributed by atoms with E-state index in [1.165, 1.54) is 6.07 Å². The van der Waals surface area contributed by atoms with Crippen molar-refractivity contribution in [2.75, 3.05) is 20.1 Å². The highest BCUT2D eigenvalue weighted by atomic mass is 127. The molecule has 0 saturated heterocycles. The lowest BCUT2D eigenvalue weighted by atomic mass is 10.1. The fourth-order valence-electron chi connectivity index (χ4n) is 2.12. The van der Waals surface area contributed by atoms with Gasteiger partial charge in [0.15, 0.2) is 5.96 Å². The van der Waals surface area contributed by atoms with Gasteiger partial charge in [-0.25, -0.2) is 4.39 Å². The van der Waals surface area contributed by atoms with Crippen LogP contribution in [0.25, 0.3) is 0 Å². The summed E-state index contributed by atoms with van der Waals surface area (Å²) in [4.78, 5) is 15.6. The zero-order valence-corrected chi connectivity index (χ0v) is 18.8. The molecule has 8 heteroatoms. The van der Waals surface area contributed by atoms with Crippen molar-refractivity contribution in [2.24, 2.45) is 4.99 Å². The second-order valence-electron chi connectivity index (χ2n) is 5.74. The highest BCUT2D eigenvalue weighted by Crippen LogP contribution is 2.16. The minimum atomic E-state index is -0.192.